The number of methoxy groups -OCH3 is 1. The molecule has 0 saturated heterocycles. The van der Waals surface area contributed by atoms with Crippen LogP contribution in [0, 0.1) is 0 Å². The molecule has 0 fully saturated rings. The molecule has 5 nitrogen and oxygen atoms in total. The fraction of sp³-hybridized carbons (Fsp3) is 0.263. The minimum Gasteiger partial charge on any atom is -0.496 e. The van der Waals surface area contributed by atoms with Crippen LogP contribution in [0.1, 0.15) is 34.3 Å². The van der Waals surface area contributed by atoms with E-state index in [-0.39, 0.29) is 5.91 Å². The van der Waals surface area contributed by atoms with Gasteiger partial charge in [0.1, 0.15) is 10.6 Å². The Hall–Kier alpha value is -2.12. The average Bonchev–Trinajstić information content (AvgIpc) is 3.30. The topological polar surface area (TPSA) is 56.2 Å². The lowest BCUT2D eigenvalue weighted by Gasteiger charge is -2.10. The van der Waals surface area contributed by atoms with Gasteiger partial charge < -0.3 is 14.6 Å². The van der Waals surface area contributed by atoms with E-state index in [0.717, 1.165) is 39.5 Å². The second-order valence-corrected chi connectivity index (χ2v) is 7.64. The monoisotopic (exact) mass is 433 g/mol. The van der Waals surface area contributed by atoms with Crippen molar-refractivity contribution >= 4 is 33.2 Å². The highest BCUT2D eigenvalue weighted by atomic mass is 79.9. The van der Waals surface area contributed by atoms with E-state index in [0.29, 0.717) is 11.4 Å². The van der Waals surface area contributed by atoms with Crippen molar-refractivity contribution in [3.63, 3.8) is 0 Å². The lowest BCUT2D eigenvalue weighted by molar-refractivity contribution is 0.0953. The normalized spacial score (nSPS) is 10.7. The zero-order valence-corrected chi connectivity index (χ0v) is 17.1. The molecule has 0 atom stereocenters. The number of thiazole rings is 1. The molecule has 26 heavy (non-hydrogen) atoms. The van der Waals surface area contributed by atoms with Crippen LogP contribution in [0.3, 0.4) is 0 Å². The van der Waals surface area contributed by atoms with Gasteiger partial charge in [-0.25, -0.2) is 4.98 Å². The van der Waals surface area contributed by atoms with Crippen molar-refractivity contribution in [3.05, 3.63) is 63.3 Å². The predicted molar refractivity (Wildman–Crippen MR) is 107 cm³/mol. The second kappa shape index (κ2) is 8.51. The van der Waals surface area contributed by atoms with Crippen LogP contribution >= 0.6 is 27.3 Å². The van der Waals surface area contributed by atoms with Crippen molar-refractivity contribution in [1.29, 1.82) is 0 Å². The molecule has 0 bridgehead atoms. The van der Waals surface area contributed by atoms with Crippen molar-refractivity contribution in [2.45, 2.75) is 26.3 Å². The first-order valence-electron chi connectivity index (χ1n) is 8.36. The van der Waals surface area contributed by atoms with Gasteiger partial charge >= 0.3 is 0 Å². The molecule has 1 N–H and O–H groups in total. The van der Waals surface area contributed by atoms with Gasteiger partial charge in [0.15, 0.2) is 5.13 Å². The van der Waals surface area contributed by atoms with Crippen LogP contribution in [0.25, 0.3) is 5.13 Å². The number of rotatable bonds is 7. The number of carbonyl (C=O) groups is 1. The smallest absolute Gasteiger partial charge is 0.263 e. The summed E-state index contributed by atoms with van der Waals surface area (Å²) in [5.74, 6) is 0.644. The SMILES string of the molecule is CCCc1nc(-n2cccc2)sc1C(=O)NCc1cc(Br)ccc1OC. The summed E-state index contributed by atoms with van der Waals surface area (Å²) in [6, 6.07) is 9.63. The number of nitrogens with zero attached hydrogens (tertiary/aromatic N) is 2. The molecule has 2 aromatic heterocycles. The third kappa shape index (κ3) is 4.16. The minimum absolute atomic E-state index is 0.105. The molecule has 1 aromatic carbocycles. The van der Waals surface area contributed by atoms with E-state index >= 15 is 0 Å². The summed E-state index contributed by atoms with van der Waals surface area (Å²) in [6.45, 7) is 2.48. The summed E-state index contributed by atoms with van der Waals surface area (Å²) in [6.07, 6.45) is 5.58. The molecule has 0 saturated carbocycles. The molecule has 7 heteroatoms. The van der Waals surface area contributed by atoms with Gasteiger partial charge in [-0.2, -0.15) is 0 Å². The molecule has 0 radical (unpaired) electrons. The summed E-state index contributed by atoms with van der Waals surface area (Å²) >= 11 is 4.87. The third-order valence-electron chi connectivity index (χ3n) is 3.89. The van der Waals surface area contributed by atoms with E-state index in [1.807, 2.05) is 47.3 Å². The molecule has 1 amide bonds. The van der Waals surface area contributed by atoms with Gasteiger partial charge in [-0.05, 0) is 36.8 Å². The van der Waals surface area contributed by atoms with Crippen LogP contribution in [-0.4, -0.2) is 22.6 Å². The van der Waals surface area contributed by atoms with E-state index in [9.17, 15) is 4.79 Å². The highest BCUT2D eigenvalue weighted by molar-refractivity contribution is 9.10. The standard InChI is InChI=1S/C19H20BrN3O2S/c1-3-6-15-17(26-19(22-15)23-9-4-5-10-23)18(24)21-12-13-11-14(20)7-8-16(13)25-2/h4-5,7-11H,3,6,12H2,1-2H3,(H,21,24). The number of aromatic nitrogens is 2. The molecule has 2 heterocycles. The lowest BCUT2D eigenvalue weighted by atomic mass is 10.2. The van der Waals surface area contributed by atoms with Crippen molar-refractivity contribution < 1.29 is 9.53 Å². The van der Waals surface area contributed by atoms with Gasteiger partial charge in [0.2, 0.25) is 0 Å². The Kier molecular flexibility index (Phi) is 6.11. The fourth-order valence-electron chi connectivity index (χ4n) is 2.64. The highest BCUT2D eigenvalue weighted by Crippen LogP contribution is 2.25. The summed E-state index contributed by atoms with van der Waals surface area (Å²) in [5.41, 5.74) is 1.77. The quantitative estimate of drug-likeness (QED) is 0.592. The van der Waals surface area contributed by atoms with Gasteiger partial charge in [-0.3, -0.25) is 4.79 Å². The Bertz CT molecular complexity index is 890. The summed E-state index contributed by atoms with van der Waals surface area (Å²) < 4.78 is 8.24. The van der Waals surface area contributed by atoms with Crippen LogP contribution in [-0.2, 0) is 13.0 Å². The number of amides is 1. The van der Waals surface area contributed by atoms with Gasteiger partial charge in [0.05, 0.1) is 12.8 Å². The predicted octanol–water partition coefficient (Wildman–Crippen LogP) is 4.59. The first-order chi connectivity index (χ1) is 12.6. The Balaban J connectivity index is 1.80. The summed E-state index contributed by atoms with van der Waals surface area (Å²) in [7, 11) is 1.63. The number of ether oxygens (including phenoxy) is 1. The lowest BCUT2D eigenvalue weighted by Crippen LogP contribution is -2.23. The van der Waals surface area contributed by atoms with Crippen LogP contribution in [0.15, 0.2) is 47.2 Å². The molecule has 3 aromatic rings. The third-order valence-corrected chi connectivity index (χ3v) is 5.49. The Morgan fingerprint density at radius 2 is 2.12 bits per heavy atom. The van der Waals surface area contributed by atoms with Crippen molar-refractivity contribution in [2.24, 2.45) is 0 Å². The summed E-state index contributed by atoms with van der Waals surface area (Å²) in [5, 5.41) is 3.80. The maximum atomic E-state index is 12.8. The largest absolute Gasteiger partial charge is 0.496 e. The van der Waals surface area contributed by atoms with E-state index in [2.05, 4.69) is 33.2 Å². The average molecular weight is 434 g/mol. The number of hydrogen-bond donors (Lipinski definition) is 1. The molecule has 0 spiro atoms. The molecular weight excluding hydrogens is 414 g/mol. The van der Waals surface area contributed by atoms with E-state index in [4.69, 9.17) is 4.74 Å². The van der Waals surface area contributed by atoms with Crippen molar-refractivity contribution in [2.75, 3.05) is 7.11 Å². The molecule has 136 valence electrons. The second-order valence-electron chi connectivity index (χ2n) is 5.75. The first kappa shape index (κ1) is 18.7. The van der Waals surface area contributed by atoms with Crippen LogP contribution in [0.4, 0.5) is 0 Å². The molecule has 3 rings (SSSR count). The number of carbonyl (C=O) groups excluding carboxylic acids is 1. The van der Waals surface area contributed by atoms with Crippen LogP contribution < -0.4 is 10.1 Å². The van der Waals surface area contributed by atoms with Gasteiger partial charge in [-0.15, -0.1) is 0 Å². The van der Waals surface area contributed by atoms with Crippen molar-refractivity contribution in [1.82, 2.24) is 14.9 Å². The minimum atomic E-state index is -0.105. The number of hydrogen-bond acceptors (Lipinski definition) is 4. The number of halogens is 1. The van der Waals surface area contributed by atoms with Gasteiger partial charge in [0.25, 0.3) is 5.91 Å². The highest BCUT2D eigenvalue weighted by Gasteiger charge is 2.18. The summed E-state index contributed by atoms with van der Waals surface area (Å²) in [4.78, 5) is 18.1. The molecule has 0 aliphatic rings. The van der Waals surface area contributed by atoms with E-state index in [1.165, 1.54) is 11.3 Å². The molecule has 0 unspecified atom stereocenters. The zero-order chi connectivity index (χ0) is 18.5. The van der Waals surface area contributed by atoms with Crippen molar-refractivity contribution in [3.8, 4) is 10.9 Å². The maximum Gasteiger partial charge on any atom is 0.263 e. The Labute approximate surface area is 165 Å². The van der Waals surface area contributed by atoms with Gasteiger partial charge in [-0.1, -0.05) is 40.6 Å². The maximum absolute atomic E-state index is 12.8. The fourth-order valence-corrected chi connectivity index (χ4v) is 4.04. The Morgan fingerprint density at radius 1 is 1.35 bits per heavy atom. The van der Waals surface area contributed by atoms with E-state index < -0.39 is 0 Å². The number of nitrogens with one attached hydrogen (secondary N) is 1. The Morgan fingerprint density at radius 3 is 2.81 bits per heavy atom. The number of benzene rings is 1. The zero-order valence-electron chi connectivity index (χ0n) is 14.7. The van der Waals surface area contributed by atoms with E-state index in [1.54, 1.807) is 7.11 Å². The van der Waals surface area contributed by atoms with Crippen LogP contribution in [0.5, 0.6) is 5.75 Å². The number of aryl methyl sites for hydroxylation is 1. The molecule has 0 aliphatic heterocycles. The van der Waals surface area contributed by atoms with Gasteiger partial charge in [0, 0.05) is 29.0 Å². The first-order valence-corrected chi connectivity index (χ1v) is 9.97. The van der Waals surface area contributed by atoms with Crippen LogP contribution in [0.2, 0.25) is 0 Å². The molecule has 0 aliphatic carbocycles. The molecular formula is C19H20BrN3O2S.